The lowest BCUT2D eigenvalue weighted by Gasteiger charge is -2.19. The van der Waals surface area contributed by atoms with Crippen LogP contribution in [0.5, 0.6) is 0 Å². The number of rotatable bonds is 6. The van der Waals surface area contributed by atoms with Gasteiger partial charge in [0.2, 0.25) is 0 Å². The van der Waals surface area contributed by atoms with Crippen LogP contribution in [0.25, 0.3) is 0 Å². The van der Waals surface area contributed by atoms with Crippen LogP contribution in [-0.4, -0.2) is 23.5 Å². The molecule has 2 aromatic rings. The highest BCUT2D eigenvalue weighted by Crippen LogP contribution is 2.29. The maximum atomic E-state index is 13.7. The van der Waals surface area contributed by atoms with Gasteiger partial charge in [-0.05, 0) is 33.6 Å². The molecule has 0 spiro atoms. The van der Waals surface area contributed by atoms with Crippen LogP contribution in [0.4, 0.5) is 4.39 Å². The van der Waals surface area contributed by atoms with Crippen molar-refractivity contribution in [2.75, 3.05) is 13.7 Å². The van der Waals surface area contributed by atoms with Crippen LogP contribution in [0.15, 0.2) is 28.9 Å². The average molecular weight is 378 g/mol. The lowest BCUT2D eigenvalue weighted by atomic mass is 10.0. The zero-order valence-electron chi connectivity index (χ0n) is 11.3. The molecule has 0 amide bonds. The molecule has 0 aliphatic carbocycles. The number of hydrogen-bond acceptors (Lipinski definition) is 4. The van der Waals surface area contributed by atoms with E-state index >= 15 is 0 Å². The number of methoxy groups -OCH3 is 1. The van der Waals surface area contributed by atoms with E-state index < -0.39 is 6.04 Å². The van der Waals surface area contributed by atoms with Gasteiger partial charge in [0.05, 0.1) is 40.6 Å². The molecule has 0 fully saturated rings. The number of hydrogen-bond donors (Lipinski definition) is 2. The third kappa shape index (κ3) is 3.61. The molecule has 1 unspecified atom stereocenters. The van der Waals surface area contributed by atoms with Crippen LogP contribution in [0.2, 0.25) is 5.02 Å². The summed E-state index contributed by atoms with van der Waals surface area (Å²) in [6, 6.07) is 4.32. The topological polar surface area (TPSA) is 65.1 Å². The third-order valence-electron chi connectivity index (χ3n) is 3.06. The van der Waals surface area contributed by atoms with Crippen molar-refractivity contribution >= 4 is 27.5 Å². The zero-order chi connectivity index (χ0) is 15.4. The van der Waals surface area contributed by atoms with E-state index in [4.69, 9.17) is 22.2 Å². The summed E-state index contributed by atoms with van der Waals surface area (Å²) in [5, 5.41) is 4.65. The predicted molar refractivity (Wildman–Crippen MR) is 82.4 cm³/mol. The van der Waals surface area contributed by atoms with E-state index in [2.05, 4.69) is 26.5 Å². The maximum Gasteiger partial charge on any atom is 0.137 e. The number of halogens is 3. The fourth-order valence-electron chi connectivity index (χ4n) is 2.04. The molecular weight excluding hydrogens is 363 g/mol. The molecule has 0 radical (unpaired) electrons. The molecule has 5 nitrogen and oxygen atoms in total. The van der Waals surface area contributed by atoms with Crippen LogP contribution in [0.3, 0.4) is 0 Å². The van der Waals surface area contributed by atoms with Gasteiger partial charge in [-0.1, -0.05) is 17.7 Å². The molecule has 1 heterocycles. The van der Waals surface area contributed by atoms with Crippen molar-refractivity contribution < 1.29 is 9.13 Å². The highest BCUT2D eigenvalue weighted by atomic mass is 79.9. The molecule has 21 heavy (non-hydrogen) atoms. The minimum absolute atomic E-state index is 0.369. The fourth-order valence-corrected chi connectivity index (χ4v) is 2.54. The normalized spacial score (nSPS) is 12.6. The first-order chi connectivity index (χ1) is 10.1. The van der Waals surface area contributed by atoms with E-state index in [1.807, 2.05) is 0 Å². The summed E-state index contributed by atoms with van der Waals surface area (Å²) in [5.74, 6) is 5.27. The molecule has 1 aromatic carbocycles. The summed E-state index contributed by atoms with van der Waals surface area (Å²) in [4.78, 5) is 0. The van der Waals surface area contributed by atoms with E-state index in [9.17, 15) is 4.39 Å². The second-order valence-corrected chi connectivity index (χ2v) is 5.63. The Morgan fingerprint density at radius 2 is 2.33 bits per heavy atom. The Morgan fingerprint density at radius 3 is 2.95 bits per heavy atom. The Bertz CT molecular complexity index is 622. The zero-order valence-corrected chi connectivity index (χ0v) is 13.7. The van der Waals surface area contributed by atoms with Gasteiger partial charge in [0.1, 0.15) is 5.82 Å². The Labute approximate surface area is 135 Å². The van der Waals surface area contributed by atoms with Crippen molar-refractivity contribution in [2.24, 2.45) is 5.84 Å². The van der Waals surface area contributed by atoms with E-state index in [1.54, 1.807) is 23.9 Å². The largest absolute Gasteiger partial charge is 0.383 e. The van der Waals surface area contributed by atoms with Crippen LogP contribution < -0.4 is 11.3 Å². The summed E-state index contributed by atoms with van der Waals surface area (Å²) >= 11 is 9.32. The first-order valence-corrected chi connectivity index (χ1v) is 7.36. The molecular formula is C13H15BrClFN4O. The van der Waals surface area contributed by atoms with Crippen molar-refractivity contribution in [3.63, 3.8) is 0 Å². The van der Waals surface area contributed by atoms with Gasteiger partial charge in [-0.2, -0.15) is 5.10 Å². The maximum absolute atomic E-state index is 13.7. The predicted octanol–water partition coefficient (Wildman–Crippen LogP) is 2.64. The van der Waals surface area contributed by atoms with Gasteiger partial charge in [-0.15, -0.1) is 0 Å². The lowest BCUT2D eigenvalue weighted by molar-refractivity contribution is 0.182. The summed E-state index contributed by atoms with van der Waals surface area (Å²) in [5.41, 5.74) is 3.97. The first-order valence-electron chi connectivity index (χ1n) is 6.19. The number of aromatic nitrogens is 2. The lowest BCUT2D eigenvalue weighted by Crippen LogP contribution is -2.31. The molecule has 114 valence electrons. The van der Waals surface area contributed by atoms with Crippen molar-refractivity contribution in [3.8, 4) is 0 Å². The van der Waals surface area contributed by atoms with Crippen molar-refractivity contribution in [2.45, 2.75) is 12.6 Å². The fraction of sp³-hybridized carbons (Fsp3) is 0.308. The first kappa shape index (κ1) is 16.4. The molecule has 1 atom stereocenters. The van der Waals surface area contributed by atoms with Crippen molar-refractivity contribution in [1.29, 1.82) is 0 Å². The molecule has 0 aliphatic rings. The summed E-state index contributed by atoms with van der Waals surface area (Å²) < 4.78 is 20.9. The number of benzene rings is 1. The smallest absolute Gasteiger partial charge is 0.137 e. The van der Waals surface area contributed by atoms with Crippen molar-refractivity contribution in [3.05, 3.63) is 51.0 Å². The van der Waals surface area contributed by atoms with Crippen LogP contribution >= 0.6 is 27.5 Å². The number of nitrogens with one attached hydrogen (secondary N) is 1. The number of nitrogens with two attached hydrogens (primary N) is 1. The summed E-state index contributed by atoms with van der Waals surface area (Å²) in [7, 11) is 1.60. The van der Waals surface area contributed by atoms with Gasteiger partial charge in [-0.3, -0.25) is 10.5 Å². The van der Waals surface area contributed by atoms with Gasteiger partial charge in [0.15, 0.2) is 0 Å². The quantitative estimate of drug-likeness (QED) is 0.600. The standard InChI is InChI=1S/C13H15BrClFN4O/c1-21-5-4-20-13(10(15)7-18-20)12(19-17)8-2-3-9(14)11(16)6-8/h2-3,6-7,12,19H,4-5,17H2,1H3. The Hall–Kier alpha value is -0.990. The molecule has 8 heteroatoms. The molecule has 0 saturated carbocycles. The van der Waals surface area contributed by atoms with Gasteiger partial charge in [0.25, 0.3) is 0 Å². The number of hydrazine groups is 1. The number of ether oxygens (including phenoxy) is 1. The minimum atomic E-state index is -0.473. The van der Waals surface area contributed by atoms with E-state index in [1.165, 1.54) is 12.3 Å². The minimum Gasteiger partial charge on any atom is -0.383 e. The molecule has 0 aliphatic heterocycles. The van der Waals surface area contributed by atoms with Gasteiger partial charge in [-0.25, -0.2) is 9.82 Å². The van der Waals surface area contributed by atoms with E-state index in [0.29, 0.717) is 33.9 Å². The van der Waals surface area contributed by atoms with Crippen LogP contribution in [0, 0.1) is 5.82 Å². The number of nitrogens with zero attached hydrogens (tertiary/aromatic N) is 2. The molecule has 3 N–H and O–H groups in total. The molecule has 2 rings (SSSR count). The highest BCUT2D eigenvalue weighted by molar-refractivity contribution is 9.10. The van der Waals surface area contributed by atoms with Crippen molar-refractivity contribution in [1.82, 2.24) is 15.2 Å². The van der Waals surface area contributed by atoms with Crippen LogP contribution in [0.1, 0.15) is 17.3 Å². The summed E-state index contributed by atoms with van der Waals surface area (Å²) in [6.07, 6.45) is 1.53. The monoisotopic (exact) mass is 376 g/mol. The van der Waals surface area contributed by atoms with E-state index in [-0.39, 0.29) is 5.82 Å². The van der Waals surface area contributed by atoms with Gasteiger partial charge >= 0.3 is 0 Å². The van der Waals surface area contributed by atoms with Gasteiger partial charge < -0.3 is 4.74 Å². The Balaban J connectivity index is 2.40. The molecule has 0 saturated heterocycles. The summed E-state index contributed by atoms with van der Waals surface area (Å²) in [6.45, 7) is 1.01. The Morgan fingerprint density at radius 1 is 1.57 bits per heavy atom. The van der Waals surface area contributed by atoms with Crippen LogP contribution in [-0.2, 0) is 11.3 Å². The molecule has 1 aromatic heterocycles. The third-order valence-corrected chi connectivity index (χ3v) is 3.99. The SMILES string of the molecule is COCCn1ncc(Cl)c1C(NN)c1ccc(Br)c(F)c1. The molecule has 0 bridgehead atoms. The Kier molecular flexibility index (Phi) is 5.72. The second-order valence-electron chi connectivity index (χ2n) is 4.37. The second kappa shape index (κ2) is 7.33. The average Bonchev–Trinajstić information content (AvgIpc) is 2.83. The van der Waals surface area contributed by atoms with Gasteiger partial charge in [0, 0.05) is 7.11 Å². The van der Waals surface area contributed by atoms with E-state index in [0.717, 1.165) is 0 Å². The highest BCUT2D eigenvalue weighted by Gasteiger charge is 2.22.